The Morgan fingerprint density at radius 2 is 2.25 bits per heavy atom. The first-order valence-electron chi connectivity index (χ1n) is 6.70. The maximum atomic E-state index is 11.8. The van der Waals surface area contributed by atoms with Crippen LogP contribution in [0.25, 0.3) is 0 Å². The summed E-state index contributed by atoms with van der Waals surface area (Å²) in [6.45, 7) is 2.61. The number of hydrogen-bond donors (Lipinski definition) is 2. The zero-order chi connectivity index (χ0) is 14.6. The highest BCUT2D eigenvalue weighted by Gasteiger charge is 2.27. The molecule has 6 nitrogen and oxygen atoms in total. The minimum atomic E-state index is -2.92. The molecule has 0 bridgehead atoms. The highest BCUT2D eigenvalue weighted by atomic mass is 32.2. The Balaban J connectivity index is 2.01. The van der Waals surface area contributed by atoms with E-state index in [9.17, 15) is 13.2 Å². The molecule has 1 saturated heterocycles. The molecule has 1 aliphatic rings. The van der Waals surface area contributed by atoms with Crippen molar-refractivity contribution in [1.29, 1.82) is 0 Å². The predicted molar refractivity (Wildman–Crippen MR) is 77.5 cm³/mol. The molecular weight excluding hydrogens is 278 g/mol. The largest absolute Gasteiger partial charge is 0.380 e. The van der Waals surface area contributed by atoms with Crippen molar-refractivity contribution in [3.05, 3.63) is 24.0 Å². The Hall–Kier alpha value is -1.63. The lowest BCUT2D eigenvalue weighted by Gasteiger charge is -2.12. The van der Waals surface area contributed by atoms with Crippen molar-refractivity contribution in [2.75, 3.05) is 23.4 Å². The summed E-state index contributed by atoms with van der Waals surface area (Å²) in [4.78, 5) is 15.8. The Bertz CT molecular complexity index is 586. The van der Waals surface area contributed by atoms with Crippen LogP contribution in [0.3, 0.4) is 0 Å². The number of aromatic nitrogens is 1. The number of nitrogens with one attached hydrogen (secondary N) is 2. The van der Waals surface area contributed by atoms with Gasteiger partial charge < -0.3 is 10.6 Å². The highest BCUT2D eigenvalue weighted by molar-refractivity contribution is 7.91. The van der Waals surface area contributed by atoms with Crippen molar-refractivity contribution in [2.45, 2.75) is 25.8 Å². The maximum absolute atomic E-state index is 11.8. The molecule has 110 valence electrons. The van der Waals surface area contributed by atoms with Crippen LogP contribution in [-0.2, 0) is 9.84 Å². The van der Waals surface area contributed by atoms with E-state index in [1.807, 2.05) is 6.92 Å². The van der Waals surface area contributed by atoms with Crippen molar-refractivity contribution in [2.24, 2.45) is 0 Å². The summed E-state index contributed by atoms with van der Waals surface area (Å²) < 4.78 is 22.8. The van der Waals surface area contributed by atoms with Crippen LogP contribution in [0.4, 0.5) is 5.69 Å². The van der Waals surface area contributed by atoms with Gasteiger partial charge in [-0.25, -0.2) is 8.42 Å². The summed E-state index contributed by atoms with van der Waals surface area (Å²) in [6.07, 6.45) is 4.56. The Kier molecular flexibility index (Phi) is 4.59. The maximum Gasteiger partial charge on any atom is 0.252 e. The summed E-state index contributed by atoms with van der Waals surface area (Å²) in [5, 5.41) is 5.91. The fourth-order valence-corrected chi connectivity index (χ4v) is 3.80. The molecule has 1 aromatic rings. The Morgan fingerprint density at radius 1 is 1.45 bits per heavy atom. The quantitative estimate of drug-likeness (QED) is 0.840. The number of pyridine rings is 1. The molecule has 1 atom stereocenters. The van der Waals surface area contributed by atoms with Gasteiger partial charge in [-0.15, -0.1) is 0 Å². The first kappa shape index (κ1) is 14.8. The van der Waals surface area contributed by atoms with Gasteiger partial charge in [-0.1, -0.05) is 6.92 Å². The van der Waals surface area contributed by atoms with Crippen LogP contribution in [-0.4, -0.2) is 43.4 Å². The van der Waals surface area contributed by atoms with Crippen LogP contribution < -0.4 is 10.6 Å². The molecule has 2 rings (SSSR count). The number of carbonyl (C=O) groups excluding carboxylic acids is 1. The molecule has 0 saturated carbocycles. The van der Waals surface area contributed by atoms with Crippen LogP contribution in [0.5, 0.6) is 0 Å². The molecule has 1 fully saturated rings. The van der Waals surface area contributed by atoms with Crippen molar-refractivity contribution in [3.8, 4) is 0 Å². The molecule has 1 amide bonds. The molecule has 2 N–H and O–H groups in total. The summed E-state index contributed by atoms with van der Waals surface area (Å²) >= 11 is 0. The highest BCUT2D eigenvalue weighted by Crippen LogP contribution is 2.17. The molecule has 2 heterocycles. The first-order valence-corrected chi connectivity index (χ1v) is 8.52. The Morgan fingerprint density at radius 3 is 2.90 bits per heavy atom. The monoisotopic (exact) mass is 297 g/mol. The summed E-state index contributed by atoms with van der Waals surface area (Å²) in [7, 11) is -2.92. The van der Waals surface area contributed by atoms with Gasteiger partial charge in [0.15, 0.2) is 9.84 Å². The summed E-state index contributed by atoms with van der Waals surface area (Å²) in [5.74, 6) is 0.190. The van der Waals surface area contributed by atoms with E-state index in [0.717, 1.165) is 6.42 Å². The normalized spacial score (nSPS) is 20.6. The molecule has 1 aliphatic heterocycles. The number of anilines is 1. The fraction of sp³-hybridized carbons (Fsp3) is 0.538. The third kappa shape index (κ3) is 3.93. The van der Waals surface area contributed by atoms with Crippen molar-refractivity contribution < 1.29 is 13.2 Å². The number of carbonyl (C=O) groups is 1. The molecule has 0 aromatic carbocycles. The second-order valence-electron chi connectivity index (χ2n) is 4.96. The summed E-state index contributed by atoms with van der Waals surface area (Å²) in [5.41, 5.74) is 1.15. The van der Waals surface area contributed by atoms with Gasteiger partial charge in [0.05, 0.1) is 22.8 Å². The average molecular weight is 297 g/mol. The average Bonchev–Trinajstić information content (AvgIpc) is 2.75. The molecule has 0 spiro atoms. The number of rotatable bonds is 5. The van der Waals surface area contributed by atoms with Gasteiger partial charge in [0.25, 0.3) is 5.91 Å². The topological polar surface area (TPSA) is 88.2 Å². The van der Waals surface area contributed by atoms with E-state index in [1.54, 1.807) is 12.3 Å². The van der Waals surface area contributed by atoms with E-state index in [4.69, 9.17) is 0 Å². The SMILES string of the molecule is CCCNC(=O)c1cncc(NC2CCS(=O)(=O)C2)c1. The second kappa shape index (κ2) is 6.21. The lowest BCUT2D eigenvalue weighted by atomic mass is 10.2. The van der Waals surface area contributed by atoms with E-state index in [2.05, 4.69) is 15.6 Å². The minimum Gasteiger partial charge on any atom is -0.380 e. The first-order chi connectivity index (χ1) is 9.50. The van der Waals surface area contributed by atoms with Gasteiger partial charge in [0.1, 0.15) is 0 Å². The van der Waals surface area contributed by atoms with Gasteiger partial charge in [0, 0.05) is 25.0 Å². The molecule has 1 unspecified atom stereocenters. The van der Waals surface area contributed by atoms with E-state index in [-0.39, 0.29) is 23.5 Å². The molecular formula is C13H19N3O3S. The van der Waals surface area contributed by atoms with Crippen molar-refractivity contribution in [3.63, 3.8) is 0 Å². The van der Waals surface area contributed by atoms with Crippen LogP contribution in [0, 0.1) is 0 Å². The van der Waals surface area contributed by atoms with Crippen LogP contribution in [0.2, 0.25) is 0 Å². The smallest absolute Gasteiger partial charge is 0.252 e. The Labute approximate surface area is 118 Å². The van der Waals surface area contributed by atoms with E-state index < -0.39 is 9.84 Å². The number of amides is 1. The van der Waals surface area contributed by atoms with Crippen LogP contribution in [0.15, 0.2) is 18.5 Å². The van der Waals surface area contributed by atoms with Crippen molar-refractivity contribution >= 4 is 21.4 Å². The van der Waals surface area contributed by atoms with Crippen LogP contribution >= 0.6 is 0 Å². The van der Waals surface area contributed by atoms with Gasteiger partial charge in [0.2, 0.25) is 0 Å². The van der Waals surface area contributed by atoms with Crippen molar-refractivity contribution in [1.82, 2.24) is 10.3 Å². The van der Waals surface area contributed by atoms with Gasteiger partial charge >= 0.3 is 0 Å². The van der Waals surface area contributed by atoms with Gasteiger partial charge in [-0.05, 0) is 18.9 Å². The molecule has 7 heteroatoms. The van der Waals surface area contributed by atoms with E-state index in [1.165, 1.54) is 6.20 Å². The molecule has 0 aliphatic carbocycles. The van der Waals surface area contributed by atoms with Gasteiger partial charge in [-0.3, -0.25) is 9.78 Å². The zero-order valence-electron chi connectivity index (χ0n) is 11.4. The van der Waals surface area contributed by atoms with E-state index in [0.29, 0.717) is 24.2 Å². The second-order valence-corrected chi connectivity index (χ2v) is 7.19. The standard InChI is InChI=1S/C13H19N3O3S/c1-2-4-15-13(17)10-6-12(8-14-7-10)16-11-3-5-20(18,19)9-11/h6-8,11,16H,2-5,9H2,1H3,(H,15,17). The minimum absolute atomic E-state index is 0.101. The predicted octanol–water partition coefficient (Wildman–Crippen LogP) is 0.820. The molecule has 20 heavy (non-hydrogen) atoms. The number of sulfone groups is 1. The summed E-state index contributed by atoms with van der Waals surface area (Å²) in [6, 6.07) is 1.60. The third-order valence-electron chi connectivity index (χ3n) is 3.14. The number of nitrogens with zero attached hydrogens (tertiary/aromatic N) is 1. The zero-order valence-corrected chi connectivity index (χ0v) is 12.2. The van der Waals surface area contributed by atoms with Crippen LogP contribution in [0.1, 0.15) is 30.1 Å². The lowest BCUT2D eigenvalue weighted by Crippen LogP contribution is -2.25. The third-order valence-corrected chi connectivity index (χ3v) is 4.91. The van der Waals surface area contributed by atoms with Gasteiger partial charge in [-0.2, -0.15) is 0 Å². The molecule has 1 aromatic heterocycles. The molecule has 0 radical (unpaired) electrons. The van der Waals surface area contributed by atoms with E-state index >= 15 is 0 Å². The fourth-order valence-electron chi connectivity index (χ4n) is 2.13. The lowest BCUT2D eigenvalue weighted by molar-refractivity contribution is 0.0953. The number of hydrogen-bond acceptors (Lipinski definition) is 5.